The Balaban J connectivity index is 1.60. The molecule has 12 heteroatoms. The fourth-order valence-electron chi connectivity index (χ4n) is 6.26. The van der Waals surface area contributed by atoms with Crippen LogP contribution in [0.4, 0.5) is 22.0 Å². The van der Waals surface area contributed by atoms with Gasteiger partial charge in [-0.1, -0.05) is 48.3 Å². The van der Waals surface area contributed by atoms with Crippen molar-refractivity contribution in [2.75, 3.05) is 13.2 Å². The molecule has 2 aromatic rings. The van der Waals surface area contributed by atoms with Crippen molar-refractivity contribution in [2.45, 2.75) is 64.7 Å². The second-order valence-electron chi connectivity index (χ2n) is 11.4. The van der Waals surface area contributed by atoms with Gasteiger partial charge in [0.15, 0.2) is 23.3 Å². The van der Waals surface area contributed by atoms with E-state index in [0.29, 0.717) is 18.6 Å². The fourth-order valence-corrected chi connectivity index (χ4v) is 7.06. The molecule has 3 atom stereocenters. The molecule has 0 aliphatic heterocycles. The number of carbonyl (C=O) groups excluding carboxylic acids is 1. The smallest absolute Gasteiger partial charge is 0.309 e. The van der Waals surface area contributed by atoms with Crippen LogP contribution in [0.1, 0.15) is 86.3 Å². The molecule has 0 bridgehead atoms. The Labute approximate surface area is 242 Å². The molecule has 1 fully saturated rings. The van der Waals surface area contributed by atoms with E-state index in [4.69, 9.17) is 4.84 Å². The zero-order chi connectivity index (χ0) is 30.4. The predicted molar refractivity (Wildman–Crippen MR) is 144 cm³/mol. The molecule has 1 amide bonds. The number of hydrogen-bond donors (Lipinski definition) is 2. The SMILES string of the molecule is CC(C)c1cc2c(cc1Br)[C@@]1(C)CCC[C@@](C)(C(=O)O)[C@@H]1C/C2=N\OCCNC(=O)c1c(F)c(F)c(F)c(F)c1F. The number of nitrogens with one attached hydrogen (secondary N) is 1. The molecule has 2 aliphatic rings. The van der Waals surface area contributed by atoms with Gasteiger partial charge in [0.1, 0.15) is 12.2 Å². The number of carbonyl (C=O) groups is 2. The van der Waals surface area contributed by atoms with E-state index in [9.17, 15) is 36.6 Å². The summed E-state index contributed by atoms with van der Waals surface area (Å²) in [7, 11) is 0. The van der Waals surface area contributed by atoms with Crippen LogP contribution in [0.3, 0.4) is 0 Å². The van der Waals surface area contributed by atoms with Gasteiger partial charge in [-0.2, -0.15) is 0 Å². The van der Waals surface area contributed by atoms with E-state index < -0.39 is 57.4 Å². The molecule has 0 saturated heterocycles. The molecule has 2 aliphatic carbocycles. The van der Waals surface area contributed by atoms with Gasteiger partial charge in [-0.15, -0.1) is 0 Å². The van der Waals surface area contributed by atoms with Gasteiger partial charge >= 0.3 is 5.97 Å². The molecule has 6 nitrogen and oxygen atoms in total. The fraction of sp³-hybridized carbons (Fsp3) is 0.483. The van der Waals surface area contributed by atoms with Crippen molar-refractivity contribution in [3.05, 3.63) is 67.9 Å². The highest BCUT2D eigenvalue weighted by molar-refractivity contribution is 9.10. The van der Waals surface area contributed by atoms with E-state index in [0.717, 1.165) is 34.0 Å². The molecule has 1 saturated carbocycles. The summed E-state index contributed by atoms with van der Waals surface area (Å²) < 4.78 is 69.0. The van der Waals surface area contributed by atoms with Gasteiger partial charge in [0, 0.05) is 10.0 Å². The zero-order valence-corrected chi connectivity index (χ0v) is 24.5. The molecule has 222 valence electrons. The van der Waals surface area contributed by atoms with E-state index in [1.165, 1.54) is 0 Å². The second-order valence-corrected chi connectivity index (χ2v) is 12.3. The maximum Gasteiger partial charge on any atom is 0.309 e. The molecule has 0 radical (unpaired) electrons. The molecular formula is C29H30BrF5N2O4. The predicted octanol–water partition coefficient (Wildman–Crippen LogP) is 6.97. The van der Waals surface area contributed by atoms with E-state index in [2.05, 4.69) is 33.3 Å². The first kappa shape index (κ1) is 30.9. The molecule has 0 spiro atoms. The van der Waals surface area contributed by atoms with E-state index >= 15 is 0 Å². The van der Waals surface area contributed by atoms with Crippen LogP contribution < -0.4 is 5.32 Å². The monoisotopic (exact) mass is 644 g/mol. The van der Waals surface area contributed by atoms with Gasteiger partial charge in [-0.25, -0.2) is 22.0 Å². The van der Waals surface area contributed by atoms with Crippen LogP contribution in [0.25, 0.3) is 0 Å². The van der Waals surface area contributed by atoms with Gasteiger partial charge in [-0.05, 0) is 66.7 Å². The van der Waals surface area contributed by atoms with Crippen LogP contribution in [-0.2, 0) is 15.0 Å². The third kappa shape index (κ3) is 5.23. The zero-order valence-electron chi connectivity index (χ0n) is 22.9. The number of carboxylic acid groups (broad SMARTS) is 1. The van der Waals surface area contributed by atoms with Crippen molar-refractivity contribution in [3.63, 3.8) is 0 Å². The summed E-state index contributed by atoms with van der Waals surface area (Å²) in [6.07, 6.45) is 2.40. The minimum Gasteiger partial charge on any atom is -0.481 e. The van der Waals surface area contributed by atoms with Gasteiger partial charge in [0.25, 0.3) is 5.91 Å². The normalized spacial score (nSPS) is 24.7. The topological polar surface area (TPSA) is 88.0 Å². The number of nitrogens with zero attached hydrogens (tertiary/aromatic N) is 1. The maximum absolute atomic E-state index is 13.9. The minimum absolute atomic E-state index is 0.176. The summed E-state index contributed by atoms with van der Waals surface area (Å²) in [4.78, 5) is 30.1. The first-order valence-corrected chi connectivity index (χ1v) is 14.0. The van der Waals surface area contributed by atoms with Crippen LogP contribution in [0, 0.1) is 40.4 Å². The summed E-state index contributed by atoms with van der Waals surface area (Å²) in [5, 5.41) is 16.6. The van der Waals surface area contributed by atoms with E-state index in [-0.39, 0.29) is 25.0 Å². The Morgan fingerprint density at radius 2 is 1.68 bits per heavy atom. The van der Waals surface area contributed by atoms with Crippen LogP contribution in [0.15, 0.2) is 21.8 Å². The summed E-state index contributed by atoms with van der Waals surface area (Å²) in [6, 6.07) is 4.05. The molecule has 0 heterocycles. The van der Waals surface area contributed by atoms with Crippen molar-refractivity contribution in [1.29, 1.82) is 0 Å². The quantitative estimate of drug-likeness (QED) is 0.112. The number of rotatable bonds is 7. The Bertz CT molecular complexity index is 1420. The van der Waals surface area contributed by atoms with E-state index in [1.807, 2.05) is 26.0 Å². The largest absolute Gasteiger partial charge is 0.481 e. The Hall–Kier alpha value is -3.02. The van der Waals surface area contributed by atoms with Crippen LogP contribution in [0.2, 0.25) is 0 Å². The maximum atomic E-state index is 13.9. The van der Waals surface area contributed by atoms with Crippen LogP contribution >= 0.6 is 15.9 Å². The molecule has 4 rings (SSSR count). The minimum atomic E-state index is -2.36. The number of oxime groups is 1. The number of halogens is 6. The highest BCUT2D eigenvalue weighted by Gasteiger charge is 2.56. The lowest BCUT2D eigenvalue weighted by Gasteiger charge is -2.53. The molecular weight excluding hydrogens is 615 g/mol. The first-order chi connectivity index (χ1) is 19.1. The number of benzene rings is 2. The number of amides is 1. The Morgan fingerprint density at radius 3 is 2.27 bits per heavy atom. The van der Waals surface area contributed by atoms with E-state index in [1.54, 1.807) is 6.92 Å². The average Bonchev–Trinajstić information content (AvgIpc) is 2.91. The lowest BCUT2D eigenvalue weighted by molar-refractivity contribution is -0.156. The van der Waals surface area contributed by atoms with Gasteiger partial charge in [-0.3, -0.25) is 9.59 Å². The first-order valence-electron chi connectivity index (χ1n) is 13.2. The van der Waals surface area contributed by atoms with Crippen molar-refractivity contribution in [3.8, 4) is 0 Å². The third-order valence-electron chi connectivity index (χ3n) is 8.59. The molecule has 2 aromatic carbocycles. The number of fused-ring (bicyclic) bond motifs is 3. The standard InChI is InChI=1S/C29H30BrF5N2O4/c1-13(2)14-10-15-16(11-17(14)30)28(3)6-5-7-29(4,27(39)40)19(28)12-18(15)37-41-9-8-36-26(38)20-21(31)23(33)25(35)24(34)22(20)32/h10-11,13,19H,5-9,12H2,1-4H3,(H,36,38)(H,39,40)/b37-18+/t19-,28-,29-/m1/s1. The van der Waals surface area contributed by atoms with Crippen LogP contribution in [-0.4, -0.2) is 35.8 Å². The third-order valence-corrected chi connectivity index (χ3v) is 9.28. The van der Waals surface area contributed by atoms with Crippen molar-refractivity contribution in [2.24, 2.45) is 16.5 Å². The summed E-state index contributed by atoms with van der Waals surface area (Å²) >= 11 is 3.67. The molecule has 2 N–H and O–H groups in total. The second kappa shape index (κ2) is 11.3. The Morgan fingerprint density at radius 1 is 1.07 bits per heavy atom. The number of hydrogen-bond acceptors (Lipinski definition) is 4. The summed E-state index contributed by atoms with van der Waals surface area (Å²) in [5.74, 6) is -13.8. The number of aliphatic carboxylic acids is 1. The summed E-state index contributed by atoms with van der Waals surface area (Å²) in [5.41, 5.74) is 0.318. The lowest BCUT2D eigenvalue weighted by Crippen LogP contribution is -2.53. The molecule has 41 heavy (non-hydrogen) atoms. The molecule has 0 unspecified atom stereocenters. The van der Waals surface area contributed by atoms with Gasteiger partial charge in [0.05, 0.1) is 17.7 Å². The van der Waals surface area contributed by atoms with Crippen molar-refractivity contribution in [1.82, 2.24) is 5.32 Å². The van der Waals surface area contributed by atoms with Crippen LogP contribution in [0.5, 0.6) is 0 Å². The summed E-state index contributed by atoms with van der Waals surface area (Å²) in [6.45, 7) is 7.29. The van der Waals surface area contributed by atoms with Gasteiger partial charge in [0.2, 0.25) is 5.82 Å². The van der Waals surface area contributed by atoms with Gasteiger partial charge < -0.3 is 15.3 Å². The van der Waals surface area contributed by atoms with Crippen molar-refractivity contribution >= 4 is 33.5 Å². The Kier molecular flexibility index (Phi) is 8.55. The lowest BCUT2D eigenvalue weighted by atomic mass is 9.49. The molecule has 0 aromatic heterocycles. The average molecular weight is 645 g/mol. The highest BCUT2D eigenvalue weighted by atomic mass is 79.9. The highest BCUT2D eigenvalue weighted by Crippen LogP contribution is 2.58. The van der Waals surface area contributed by atoms with Crippen molar-refractivity contribution < 1.29 is 41.5 Å². The number of carboxylic acids is 1.